The Morgan fingerprint density at radius 2 is 2.26 bits per heavy atom. The molecule has 1 aromatic rings. The minimum absolute atomic E-state index is 0.00527. The van der Waals surface area contributed by atoms with Crippen molar-refractivity contribution in [3.63, 3.8) is 0 Å². The van der Waals surface area contributed by atoms with Crippen molar-refractivity contribution in [2.24, 2.45) is 0 Å². The lowest BCUT2D eigenvalue weighted by Crippen LogP contribution is -2.34. The van der Waals surface area contributed by atoms with Crippen LogP contribution in [0.3, 0.4) is 0 Å². The first-order valence-electron chi connectivity index (χ1n) is 5.74. The summed E-state index contributed by atoms with van der Waals surface area (Å²) in [6.07, 6.45) is 0.724. The molecule has 0 unspecified atom stereocenters. The van der Waals surface area contributed by atoms with Crippen LogP contribution in [0, 0.1) is 0 Å². The van der Waals surface area contributed by atoms with Crippen molar-refractivity contribution in [3.05, 3.63) is 11.8 Å². The maximum Gasteiger partial charge on any atom is 0.306 e. The Balaban J connectivity index is 2.61. The van der Waals surface area contributed by atoms with Crippen LogP contribution in [0.4, 0.5) is 5.82 Å². The van der Waals surface area contributed by atoms with Crippen molar-refractivity contribution in [1.29, 1.82) is 0 Å². The molecule has 9 heteroatoms. The number of nitrogens with one attached hydrogen (secondary N) is 2. The summed E-state index contributed by atoms with van der Waals surface area (Å²) in [5.74, 6) is -0.239. The predicted octanol–water partition coefficient (Wildman–Crippen LogP) is 0.124. The van der Waals surface area contributed by atoms with E-state index in [9.17, 15) is 13.2 Å². The zero-order chi connectivity index (χ0) is 14.5. The number of hydrogen-bond donors (Lipinski definition) is 2. The molecule has 0 radical (unpaired) electrons. The number of H-pyrrole nitrogens is 1. The van der Waals surface area contributed by atoms with Crippen LogP contribution in [0.1, 0.15) is 19.0 Å². The predicted molar refractivity (Wildman–Crippen MR) is 69.8 cm³/mol. The molecule has 1 heterocycles. The van der Waals surface area contributed by atoms with E-state index in [0.29, 0.717) is 0 Å². The van der Waals surface area contributed by atoms with E-state index in [1.54, 1.807) is 6.07 Å². The first-order chi connectivity index (χ1) is 8.89. The van der Waals surface area contributed by atoms with E-state index in [1.165, 1.54) is 14.2 Å². The van der Waals surface area contributed by atoms with E-state index in [-0.39, 0.29) is 18.8 Å². The first kappa shape index (κ1) is 15.4. The van der Waals surface area contributed by atoms with Gasteiger partial charge in [0.1, 0.15) is 0 Å². The van der Waals surface area contributed by atoms with Gasteiger partial charge >= 0.3 is 16.2 Å². The lowest BCUT2D eigenvalue weighted by atomic mass is 10.3. The number of aryl methyl sites for hydroxylation is 1. The molecule has 1 aromatic heterocycles. The van der Waals surface area contributed by atoms with Crippen molar-refractivity contribution in [1.82, 2.24) is 14.5 Å². The third-order valence-corrected chi connectivity index (χ3v) is 3.98. The molecule has 0 aromatic carbocycles. The van der Waals surface area contributed by atoms with Gasteiger partial charge in [-0.05, 0) is 6.42 Å². The van der Waals surface area contributed by atoms with Gasteiger partial charge in [-0.15, -0.1) is 0 Å². The minimum atomic E-state index is -3.72. The van der Waals surface area contributed by atoms with Crippen molar-refractivity contribution < 1.29 is 17.9 Å². The topological polar surface area (TPSA) is 104 Å². The molecule has 0 atom stereocenters. The summed E-state index contributed by atoms with van der Waals surface area (Å²) in [6.45, 7) is 1.96. The van der Waals surface area contributed by atoms with Crippen LogP contribution in [-0.2, 0) is 26.2 Å². The summed E-state index contributed by atoms with van der Waals surface area (Å²) in [6, 6.07) is 1.62. The summed E-state index contributed by atoms with van der Waals surface area (Å²) in [5, 5.41) is 6.54. The van der Waals surface area contributed by atoms with Gasteiger partial charge in [-0.1, -0.05) is 6.92 Å². The summed E-state index contributed by atoms with van der Waals surface area (Å²) < 4.78 is 31.6. The SMILES string of the molecule is CCc1cc(NS(=O)(=O)N(C)CCC(=O)OC)n[nH]1. The Morgan fingerprint density at radius 3 is 2.79 bits per heavy atom. The number of rotatable bonds is 7. The van der Waals surface area contributed by atoms with Gasteiger partial charge in [0, 0.05) is 25.4 Å². The lowest BCUT2D eigenvalue weighted by Gasteiger charge is -2.16. The van der Waals surface area contributed by atoms with Gasteiger partial charge in [-0.2, -0.15) is 17.8 Å². The number of aromatic amines is 1. The van der Waals surface area contributed by atoms with Gasteiger partial charge in [-0.3, -0.25) is 14.6 Å². The van der Waals surface area contributed by atoms with Gasteiger partial charge in [0.25, 0.3) is 0 Å². The second-order valence-electron chi connectivity index (χ2n) is 3.89. The first-order valence-corrected chi connectivity index (χ1v) is 7.18. The van der Waals surface area contributed by atoms with Crippen LogP contribution >= 0.6 is 0 Å². The summed E-state index contributed by atoms with van der Waals surface area (Å²) in [5.41, 5.74) is 0.829. The fourth-order valence-electron chi connectivity index (χ4n) is 1.28. The Morgan fingerprint density at radius 1 is 1.58 bits per heavy atom. The van der Waals surface area contributed by atoms with E-state index in [4.69, 9.17) is 0 Å². The lowest BCUT2D eigenvalue weighted by molar-refractivity contribution is -0.140. The molecule has 0 aliphatic rings. The van der Waals surface area contributed by atoms with Crippen LogP contribution < -0.4 is 4.72 Å². The number of carbonyl (C=O) groups excluding carboxylic acids is 1. The third-order valence-electron chi connectivity index (χ3n) is 2.51. The highest BCUT2D eigenvalue weighted by atomic mass is 32.2. The van der Waals surface area contributed by atoms with Crippen molar-refractivity contribution >= 4 is 22.0 Å². The van der Waals surface area contributed by atoms with E-state index in [2.05, 4.69) is 19.7 Å². The maximum absolute atomic E-state index is 11.9. The van der Waals surface area contributed by atoms with Crippen LogP contribution in [0.15, 0.2) is 6.07 Å². The van der Waals surface area contributed by atoms with Gasteiger partial charge in [0.05, 0.1) is 13.5 Å². The Bertz CT molecular complexity index is 525. The number of methoxy groups -OCH3 is 1. The fourth-order valence-corrected chi connectivity index (χ4v) is 2.13. The van der Waals surface area contributed by atoms with Crippen molar-refractivity contribution in [2.45, 2.75) is 19.8 Å². The number of ether oxygens (including phenoxy) is 1. The smallest absolute Gasteiger partial charge is 0.306 e. The normalized spacial score (nSPS) is 11.6. The standard InChI is InChI=1S/C10H18N4O4S/c1-4-8-7-9(12-11-8)13-19(16,17)14(2)6-5-10(15)18-3/h7H,4-6H2,1-3H3,(H2,11,12,13). The van der Waals surface area contributed by atoms with Gasteiger partial charge < -0.3 is 4.74 Å². The Kier molecular flexibility index (Phi) is 5.31. The number of esters is 1. The zero-order valence-corrected chi connectivity index (χ0v) is 12.0. The van der Waals surface area contributed by atoms with Crippen molar-refractivity contribution in [3.8, 4) is 0 Å². The molecule has 0 spiro atoms. The minimum Gasteiger partial charge on any atom is -0.469 e. The highest BCUT2D eigenvalue weighted by Gasteiger charge is 2.19. The monoisotopic (exact) mass is 290 g/mol. The molecule has 0 fully saturated rings. The molecule has 1 rings (SSSR count). The molecule has 8 nitrogen and oxygen atoms in total. The number of carbonyl (C=O) groups is 1. The van der Waals surface area contributed by atoms with Gasteiger partial charge in [0.2, 0.25) is 0 Å². The summed E-state index contributed by atoms with van der Waals surface area (Å²) in [7, 11) is -1.09. The quantitative estimate of drug-likeness (QED) is 0.694. The second kappa shape index (κ2) is 6.53. The zero-order valence-electron chi connectivity index (χ0n) is 11.1. The van der Waals surface area contributed by atoms with E-state index >= 15 is 0 Å². The van der Waals surface area contributed by atoms with Crippen molar-refractivity contribution in [2.75, 3.05) is 25.4 Å². The molecule has 0 aliphatic carbocycles. The molecule has 0 saturated carbocycles. The molecular formula is C10H18N4O4S. The second-order valence-corrected chi connectivity index (χ2v) is 5.66. The molecule has 0 aliphatic heterocycles. The molecule has 0 saturated heterocycles. The van der Waals surface area contributed by atoms with Crippen LogP contribution in [0.5, 0.6) is 0 Å². The van der Waals surface area contributed by atoms with Crippen LogP contribution in [0.2, 0.25) is 0 Å². The molecule has 0 amide bonds. The largest absolute Gasteiger partial charge is 0.469 e. The van der Waals surface area contributed by atoms with Gasteiger partial charge in [-0.25, -0.2) is 0 Å². The number of aromatic nitrogens is 2. The number of anilines is 1. The van der Waals surface area contributed by atoms with Crippen LogP contribution in [-0.4, -0.2) is 49.6 Å². The summed E-state index contributed by atoms with van der Waals surface area (Å²) >= 11 is 0. The number of nitrogens with zero attached hydrogens (tertiary/aromatic N) is 2. The average molecular weight is 290 g/mol. The average Bonchev–Trinajstić information content (AvgIpc) is 2.82. The maximum atomic E-state index is 11.9. The van der Waals surface area contributed by atoms with Gasteiger partial charge in [0.15, 0.2) is 5.82 Å². The highest BCUT2D eigenvalue weighted by Crippen LogP contribution is 2.10. The van der Waals surface area contributed by atoms with Crippen LogP contribution in [0.25, 0.3) is 0 Å². The van der Waals surface area contributed by atoms with E-state index < -0.39 is 16.2 Å². The third kappa shape index (κ3) is 4.52. The highest BCUT2D eigenvalue weighted by molar-refractivity contribution is 7.90. The fraction of sp³-hybridized carbons (Fsp3) is 0.600. The van der Waals surface area contributed by atoms with E-state index in [1.807, 2.05) is 6.92 Å². The molecular weight excluding hydrogens is 272 g/mol. The summed E-state index contributed by atoms with van der Waals surface area (Å²) in [4.78, 5) is 11.0. The van der Waals surface area contributed by atoms with E-state index in [0.717, 1.165) is 16.4 Å². The number of hydrogen-bond acceptors (Lipinski definition) is 5. The molecule has 19 heavy (non-hydrogen) atoms. The molecule has 0 bridgehead atoms. The Hall–Kier alpha value is -1.61. The molecule has 108 valence electrons. The Labute approximate surface area is 112 Å². The molecule has 2 N–H and O–H groups in total.